The Labute approximate surface area is 185 Å². The fourth-order valence-corrected chi connectivity index (χ4v) is 3.83. The molecule has 0 saturated carbocycles. The molecule has 5 nitrogen and oxygen atoms in total. The van der Waals surface area contributed by atoms with Gasteiger partial charge in [0.2, 0.25) is 5.96 Å². The van der Waals surface area contributed by atoms with Crippen LogP contribution in [-0.2, 0) is 6.54 Å². The number of anilines is 1. The van der Waals surface area contributed by atoms with E-state index in [-0.39, 0.29) is 6.10 Å². The zero-order chi connectivity index (χ0) is 20.9. The normalized spacial score (nSPS) is 14.1. The van der Waals surface area contributed by atoms with Crippen molar-refractivity contribution < 1.29 is 9.47 Å². The number of ether oxygens (including phenoxy) is 2. The first-order valence-electron chi connectivity index (χ1n) is 9.64. The van der Waals surface area contributed by atoms with E-state index in [1.165, 1.54) is 11.9 Å². The molecule has 30 heavy (non-hydrogen) atoms. The summed E-state index contributed by atoms with van der Waals surface area (Å²) in [6, 6.07) is 21.3. The Balaban J connectivity index is 1.51. The number of guanidine groups is 1. The van der Waals surface area contributed by atoms with Crippen LogP contribution in [0.5, 0.6) is 17.2 Å². The van der Waals surface area contributed by atoms with E-state index in [0.29, 0.717) is 29.0 Å². The number of benzene rings is 3. The molecule has 1 heterocycles. The summed E-state index contributed by atoms with van der Waals surface area (Å²) in [7, 11) is 0. The van der Waals surface area contributed by atoms with Crippen molar-refractivity contribution in [2.45, 2.75) is 31.4 Å². The van der Waals surface area contributed by atoms with Crippen molar-refractivity contribution in [1.82, 2.24) is 4.72 Å². The number of hydrogen-bond donors (Lipinski definition) is 2. The van der Waals surface area contributed by atoms with Crippen LogP contribution in [0.4, 0.5) is 5.69 Å². The Bertz CT molecular complexity index is 1070. The number of nitrogens with one attached hydrogen (secondary N) is 2. The first kappa shape index (κ1) is 20.4. The van der Waals surface area contributed by atoms with E-state index in [2.05, 4.69) is 15.0 Å². The van der Waals surface area contributed by atoms with Crippen molar-refractivity contribution in [2.24, 2.45) is 4.99 Å². The molecule has 0 unspecified atom stereocenters. The minimum absolute atomic E-state index is 0.137. The van der Waals surface area contributed by atoms with E-state index in [1.807, 2.05) is 74.5 Å². The highest BCUT2D eigenvalue weighted by molar-refractivity contribution is 7.98. The molecular weight excluding hydrogens is 418 g/mol. The van der Waals surface area contributed by atoms with E-state index in [9.17, 15) is 0 Å². The predicted molar refractivity (Wildman–Crippen MR) is 124 cm³/mol. The van der Waals surface area contributed by atoms with Crippen molar-refractivity contribution in [1.29, 1.82) is 0 Å². The lowest BCUT2D eigenvalue weighted by atomic mass is 10.2. The van der Waals surface area contributed by atoms with Gasteiger partial charge in [-0.15, -0.1) is 0 Å². The van der Waals surface area contributed by atoms with Crippen molar-refractivity contribution in [2.75, 3.05) is 5.32 Å². The average molecular weight is 440 g/mol. The van der Waals surface area contributed by atoms with Gasteiger partial charge in [-0.1, -0.05) is 41.9 Å². The third kappa shape index (κ3) is 5.01. The molecule has 7 heteroatoms. The highest BCUT2D eigenvalue weighted by atomic mass is 35.5. The summed E-state index contributed by atoms with van der Waals surface area (Å²) in [5.74, 6) is 2.81. The molecule has 0 aliphatic carbocycles. The van der Waals surface area contributed by atoms with E-state index < -0.39 is 0 Å². The number of halogens is 1. The number of hydrogen-bond acceptors (Lipinski definition) is 4. The molecule has 0 bridgehead atoms. The van der Waals surface area contributed by atoms with Crippen LogP contribution in [0.15, 0.2) is 76.6 Å². The third-order valence-corrected chi connectivity index (χ3v) is 5.40. The van der Waals surface area contributed by atoms with Crippen LogP contribution in [-0.4, -0.2) is 12.1 Å². The maximum absolute atomic E-state index is 6.25. The minimum atomic E-state index is 0.137. The van der Waals surface area contributed by atoms with E-state index in [1.54, 1.807) is 6.07 Å². The molecule has 154 valence electrons. The number of fused-ring (bicyclic) bond motifs is 1. The fraction of sp³-hybridized carbons (Fsp3) is 0.174. The molecular formula is C23H22ClN3O2S. The lowest BCUT2D eigenvalue weighted by Crippen LogP contribution is -2.29. The molecule has 0 aromatic heterocycles. The summed E-state index contributed by atoms with van der Waals surface area (Å²) in [6.07, 6.45) is 0.137. The summed E-state index contributed by atoms with van der Waals surface area (Å²) in [4.78, 5) is 5.69. The maximum atomic E-state index is 6.25. The smallest absolute Gasteiger partial charge is 0.206 e. The molecule has 1 aliphatic rings. The van der Waals surface area contributed by atoms with Crippen LogP contribution < -0.4 is 19.5 Å². The van der Waals surface area contributed by atoms with Gasteiger partial charge in [0, 0.05) is 0 Å². The van der Waals surface area contributed by atoms with Gasteiger partial charge in [0.05, 0.1) is 28.3 Å². The molecule has 0 amide bonds. The van der Waals surface area contributed by atoms with Crippen molar-refractivity contribution >= 4 is 35.2 Å². The molecule has 0 fully saturated rings. The van der Waals surface area contributed by atoms with Crippen LogP contribution in [0.1, 0.15) is 19.4 Å². The fourth-order valence-electron chi connectivity index (χ4n) is 2.93. The minimum Gasteiger partial charge on any atom is -0.491 e. The summed E-state index contributed by atoms with van der Waals surface area (Å²) in [6.45, 7) is 4.55. The van der Waals surface area contributed by atoms with E-state index in [4.69, 9.17) is 21.1 Å². The number of para-hydroxylation sites is 2. The average Bonchev–Trinajstić information content (AvgIpc) is 2.74. The highest BCUT2D eigenvalue weighted by Gasteiger charge is 2.19. The van der Waals surface area contributed by atoms with Crippen molar-refractivity contribution in [3.8, 4) is 17.2 Å². The third-order valence-electron chi connectivity index (χ3n) is 4.24. The van der Waals surface area contributed by atoms with Gasteiger partial charge < -0.3 is 14.8 Å². The SMILES string of the molecule is CC(C)Oc1cccc(CN=C2NSc3cccc(Oc4ccccc4Cl)c3N2)c1. The van der Waals surface area contributed by atoms with Gasteiger partial charge in [0.1, 0.15) is 11.5 Å². The molecule has 4 rings (SSSR count). The highest BCUT2D eigenvalue weighted by Crippen LogP contribution is 2.40. The van der Waals surface area contributed by atoms with E-state index in [0.717, 1.165) is 21.9 Å². The number of rotatable bonds is 6. The van der Waals surface area contributed by atoms with Crippen LogP contribution in [0.3, 0.4) is 0 Å². The molecule has 2 N–H and O–H groups in total. The number of nitrogens with zero attached hydrogens (tertiary/aromatic N) is 1. The van der Waals surface area contributed by atoms with Gasteiger partial charge in [0.15, 0.2) is 5.75 Å². The summed E-state index contributed by atoms with van der Waals surface area (Å²) < 4.78 is 15.1. The molecule has 0 spiro atoms. The van der Waals surface area contributed by atoms with Gasteiger partial charge in [0.25, 0.3) is 0 Å². The zero-order valence-corrected chi connectivity index (χ0v) is 18.3. The molecule has 3 aromatic carbocycles. The van der Waals surface area contributed by atoms with Crippen LogP contribution in [0.25, 0.3) is 0 Å². The zero-order valence-electron chi connectivity index (χ0n) is 16.7. The topological polar surface area (TPSA) is 54.9 Å². The molecule has 0 atom stereocenters. The van der Waals surface area contributed by atoms with Crippen LogP contribution in [0, 0.1) is 0 Å². The second-order valence-electron chi connectivity index (χ2n) is 6.97. The quantitative estimate of drug-likeness (QED) is 0.429. The second-order valence-corrected chi connectivity index (χ2v) is 8.23. The molecule has 0 saturated heterocycles. The largest absolute Gasteiger partial charge is 0.491 e. The van der Waals surface area contributed by atoms with Gasteiger partial charge >= 0.3 is 0 Å². The Morgan fingerprint density at radius 1 is 1.00 bits per heavy atom. The van der Waals surface area contributed by atoms with Gasteiger partial charge in [-0.2, -0.15) is 0 Å². The Hall–Kier alpha value is -2.83. The Morgan fingerprint density at radius 2 is 1.80 bits per heavy atom. The monoisotopic (exact) mass is 439 g/mol. The molecule has 0 radical (unpaired) electrons. The maximum Gasteiger partial charge on any atom is 0.206 e. The van der Waals surface area contributed by atoms with E-state index >= 15 is 0 Å². The summed E-state index contributed by atoms with van der Waals surface area (Å²) in [5.41, 5.74) is 1.93. The van der Waals surface area contributed by atoms with Crippen molar-refractivity contribution in [3.63, 3.8) is 0 Å². The lowest BCUT2D eigenvalue weighted by molar-refractivity contribution is 0.242. The lowest BCUT2D eigenvalue weighted by Gasteiger charge is -2.23. The first-order valence-corrected chi connectivity index (χ1v) is 10.8. The number of aliphatic imine (C=N–C) groups is 1. The van der Waals surface area contributed by atoms with Gasteiger partial charge in [-0.3, -0.25) is 4.72 Å². The standard InChI is InChI=1S/C23H22ClN3O2S/c1-15(2)28-17-8-5-7-16(13-17)14-25-23-26-22-20(11-6-12-21(22)30-27-23)29-19-10-4-3-9-18(19)24/h3-13,15H,14H2,1-2H3,(H2,25,26,27). The van der Waals surface area contributed by atoms with Crippen LogP contribution in [0.2, 0.25) is 5.02 Å². The summed E-state index contributed by atoms with van der Waals surface area (Å²) >= 11 is 7.74. The second kappa shape index (κ2) is 9.32. The van der Waals surface area contributed by atoms with Crippen molar-refractivity contribution in [3.05, 3.63) is 77.3 Å². The van der Waals surface area contributed by atoms with Gasteiger partial charge in [-0.25, -0.2) is 4.99 Å². The summed E-state index contributed by atoms with van der Waals surface area (Å²) in [5, 5.41) is 3.91. The first-order chi connectivity index (χ1) is 14.6. The Kier molecular flexibility index (Phi) is 6.35. The van der Waals surface area contributed by atoms with Gasteiger partial charge in [-0.05, 0) is 67.8 Å². The Morgan fingerprint density at radius 3 is 2.63 bits per heavy atom. The van der Waals surface area contributed by atoms with Crippen LogP contribution >= 0.6 is 23.5 Å². The predicted octanol–water partition coefficient (Wildman–Crippen LogP) is 6.50. The molecule has 1 aliphatic heterocycles. The molecule has 3 aromatic rings.